The van der Waals surface area contributed by atoms with Gasteiger partial charge >= 0.3 is 0 Å². The molecule has 2 heterocycles. The van der Waals surface area contributed by atoms with Crippen LogP contribution in [0.5, 0.6) is 5.75 Å². The van der Waals surface area contributed by atoms with E-state index in [4.69, 9.17) is 4.74 Å². The Hall–Kier alpha value is -2.61. The van der Waals surface area contributed by atoms with Crippen molar-refractivity contribution in [3.63, 3.8) is 0 Å². The van der Waals surface area contributed by atoms with Crippen molar-refractivity contribution >= 4 is 21.4 Å². The summed E-state index contributed by atoms with van der Waals surface area (Å²) in [7, 11) is -2.12. The third-order valence-corrected chi connectivity index (χ3v) is 4.28. The summed E-state index contributed by atoms with van der Waals surface area (Å²) >= 11 is 0. The molecule has 0 aliphatic heterocycles. The molecule has 0 saturated heterocycles. The molecule has 0 atom stereocenters. The number of hydrogen-bond acceptors (Lipinski definition) is 5. The normalized spacial score (nSPS) is 11.5. The monoisotopic (exact) mass is 304 g/mol. The van der Waals surface area contributed by atoms with E-state index in [-0.39, 0.29) is 4.90 Å². The van der Waals surface area contributed by atoms with Gasteiger partial charge in [0.1, 0.15) is 17.0 Å². The van der Waals surface area contributed by atoms with Gasteiger partial charge in [-0.15, -0.1) is 10.2 Å². The number of nitrogens with zero attached hydrogens (tertiary/aromatic N) is 3. The van der Waals surface area contributed by atoms with Crippen molar-refractivity contribution in [2.24, 2.45) is 0 Å². The molecule has 0 radical (unpaired) electrons. The van der Waals surface area contributed by atoms with Crippen molar-refractivity contribution in [1.29, 1.82) is 0 Å². The average Bonchev–Trinajstić information content (AvgIpc) is 2.95. The first-order valence-electron chi connectivity index (χ1n) is 6.05. The first-order valence-corrected chi connectivity index (χ1v) is 7.53. The summed E-state index contributed by atoms with van der Waals surface area (Å²) in [4.78, 5) is 0.130. The van der Waals surface area contributed by atoms with Crippen molar-refractivity contribution in [2.75, 3.05) is 11.8 Å². The van der Waals surface area contributed by atoms with Gasteiger partial charge < -0.3 is 4.74 Å². The second-order valence-electron chi connectivity index (χ2n) is 4.30. The summed E-state index contributed by atoms with van der Waals surface area (Å²) in [6, 6.07) is 9.70. The molecule has 3 rings (SSSR count). The van der Waals surface area contributed by atoms with E-state index in [0.29, 0.717) is 17.1 Å². The number of anilines is 1. The van der Waals surface area contributed by atoms with Gasteiger partial charge in [-0.3, -0.25) is 9.12 Å². The maximum atomic E-state index is 12.3. The number of pyridine rings is 1. The van der Waals surface area contributed by atoms with Gasteiger partial charge in [-0.2, -0.15) is 0 Å². The largest absolute Gasteiger partial charge is 0.497 e. The molecule has 0 aliphatic rings. The van der Waals surface area contributed by atoms with Crippen LogP contribution in [0.25, 0.3) is 5.65 Å². The highest BCUT2D eigenvalue weighted by Crippen LogP contribution is 2.19. The van der Waals surface area contributed by atoms with E-state index >= 15 is 0 Å². The minimum atomic E-state index is -3.67. The molecule has 21 heavy (non-hydrogen) atoms. The van der Waals surface area contributed by atoms with Crippen LogP contribution in [0.1, 0.15) is 0 Å². The van der Waals surface area contributed by atoms with Gasteiger partial charge in [0.25, 0.3) is 10.0 Å². The number of sulfonamides is 1. The fourth-order valence-electron chi connectivity index (χ4n) is 1.84. The highest BCUT2D eigenvalue weighted by molar-refractivity contribution is 7.92. The zero-order chi connectivity index (χ0) is 14.9. The van der Waals surface area contributed by atoms with Crippen LogP contribution < -0.4 is 9.46 Å². The molecule has 0 spiro atoms. The highest BCUT2D eigenvalue weighted by Gasteiger charge is 2.15. The quantitative estimate of drug-likeness (QED) is 0.790. The molecule has 0 saturated carbocycles. The third-order valence-electron chi connectivity index (χ3n) is 2.92. The van der Waals surface area contributed by atoms with Crippen LogP contribution in [-0.2, 0) is 10.0 Å². The van der Waals surface area contributed by atoms with Crippen molar-refractivity contribution in [1.82, 2.24) is 14.6 Å². The van der Waals surface area contributed by atoms with Crippen molar-refractivity contribution < 1.29 is 13.2 Å². The van der Waals surface area contributed by atoms with Gasteiger partial charge in [-0.25, -0.2) is 8.42 Å². The number of benzene rings is 1. The summed E-state index contributed by atoms with van der Waals surface area (Å²) in [5.41, 5.74) is 1.04. The smallest absolute Gasteiger partial charge is 0.263 e. The van der Waals surface area contributed by atoms with Crippen LogP contribution in [0.2, 0.25) is 0 Å². The number of nitrogens with one attached hydrogen (secondary N) is 1. The van der Waals surface area contributed by atoms with E-state index in [1.54, 1.807) is 41.8 Å². The molecule has 3 aromatic rings. The summed E-state index contributed by atoms with van der Waals surface area (Å²) in [6.07, 6.45) is 2.91. The lowest BCUT2D eigenvalue weighted by Crippen LogP contribution is -2.13. The van der Waals surface area contributed by atoms with E-state index < -0.39 is 10.0 Å². The summed E-state index contributed by atoms with van der Waals surface area (Å²) in [5.74, 6) is 0.656. The van der Waals surface area contributed by atoms with Crippen LogP contribution >= 0.6 is 0 Å². The van der Waals surface area contributed by atoms with Crippen molar-refractivity contribution in [2.45, 2.75) is 4.90 Å². The molecule has 0 aliphatic carbocycles. The second kappa shape index (κ2) is 5.06. The van der Waals surface area contributed by atoms with Crippen molar-refractivity contribution in [3.05, 3.63) is 48.9 Å². The Morgan fingerprint density at radius 1 is 1.14 bits per heavy atom. The number of methoxy groups -OCH3 is 1. The first-order chi connectivity index (χ1) is 10.1. The highest BCUT2D eigenvalue weighted by atomic mass is 32.2. The van der Waals surface area contributed by atoms with Gasteiger partial charge in [-0.05, 0) is 36.4 Å². The minimum absolute atomic E-state index is 0.130. The fourth-order valence-corrected chi connectivity index (χ4v) is 2.90. The molecular formula is C13H12N4O3S. The van der Waals surface area contributed by atoms with Gasteiger partial charge in [0.15, 0.2) is 5.65 Å². The number of ether oxygens (including phenoxy) is 1. The molecule has 0 bridgehead atoms. The van der Waals surface area contributed by atoms with Gasteiger partial charge in [0.2, 0.25) is 0 Å². The third kappa shape index (κ3) is 2.65. The maximum Gasteiger partial charge on any atom is 0.263 e. The number of hydrogen-bond donors (Lipinski definition) is 1. The fraction of sp³-hybridized carbons (Fsp3) is 0.0769. The van der Waals surface area contributed by atoms with E-state index in [9.17, 15) is 8.42 Å². The van der Waals surface area contributed by atoms with Crippen LogP contribution in [0.4, 0.5) is 5.69 Å². The predicted octanol–water partition coefficient (Wildman–Crippen LogP) is 1.54. The molecule has 0 fully saturated rings. The van der Waals surface area contributed by atoms with Gasteiger partial charge in [-0.1, -0.05) is 0 Å². The van der Waals surface area contributed by atoms with Crippen LogP contribution in [0.15, 0.2) is 53.8 Å². The van der Waals surface area contributed by atoms with E-state index in [2.05, 4.69) is 14.9 Å². The van der Waals surface area contributed by atoms with E-state index in [1.165, 1.54) is 18.6 Å². The van der Waals surface area contributed by atoms with Crippen LogP contribution in [0.3, 0.4) is 0 Å². The molecule has 2 aromatic heterocycles. The molecule has 0 unspecified atom stereocenters. The van der Waals surface area contributed by atoms with Crippen molar-refractivity contribution in [3.8, 4) is 5.75 Å². The summed E-state index contributed by atoms with van der Waals surface area (Å²) in [6.45, 7) is 0. The van der Waals surface area contributed by atoms with Crippen LogP contribution in [-0.4, -0.2) is 30.1 Å². The maximum absolute atomic E-state index is 12.3. The van der Waals surface area contributed by atoms with Crippen LogP contribution in [0, 0.1) is 0 Å². The SMILES string of the molecule is COc1ccc(NS(=O)(=O)c2ccc3nncn3c2)cc1. The second-order valence-corrected chi connectivity index (χ2v) is 5.98. The number of fused-ring (bicyclic) bond motifs is 1. The molecular weight excluding hydrogens is 292 g/mol. The molecule has 108 valence electrons. The molecule has 0 amide bonds. The number of rotatable bonds is 4. The van der Waals surface area contributed by atoms with E-state index in [1.807, 2.05) is 0 Å². The topological polar surface area (TPSA) is 85.6 Å². The Morgan fingerprint density at radius 3 is 2.62 bits per heavy atom. The Labute approximate surface area is 121 Å². The zero-order valence-corrected chi connectivity index (χ0v) is 11.9. The van der Waals surface area contributed by atoms with Gasteiger partial charge in [0.05, 0.1) is 7.11 Å². The Balaban J connectivity index is 1.91. The average molecular weight is 304 g/mol. The first kappa shape index (κ1) is 13.4. The van der Waals surface area contributed by atoms with Gasteiger partial charge in [0, 0.05) is 11.9 Å². The molecule has 1 N–H and O–H groups in total. The zero-order valence-electron chi connectivity index (χ0n) is 11.1. The number of aromatic nitrogens is 3. The summed E-state index contributed by atoms with van der Waals surface area (Å²) < 4.78 is 33.7. The Morgan fingerprint density at radius 2 is 1.90 bits per heavy atom. The predicted molar refractivity (Wildman–Crippen MR) is 76.8 cm³/mol. The molecule has 7 nitrogen and oxygen atoms in total. The molecule has 1 aromatic carbocycles. The lowest BCUT2D eigenvalue weighted by molar-refractivity contribution is 0.415. The summed E-state index contributed by atoms with van der Waals surface area (Å²) in [5, 5.41) is 7.54. The minimum Gasteiger partial charge on any atom is -0.497 e. The Kier molecular flexibility index (Phi) is 3.22. The standard InChI is InChI=1S/C13H12N4O3S/c1-20-11-4-2-10(3-5-11)16-21(18,19)12-6-7-13-15-14-9-17(13)8-12/h2-9,16H,1H3. The van der Waals surface area contributed by atoms with E-state index in [0.717, 1.165) is 0 Å². The Bertz CT molecular complexity index is 872. The lowest BCUT2D eigenvalue weighted by atomic mass is 10.3. The molecule has 8 heteroatoms. The lowest BCUT2D eigenvalue weighted by Gasteiger charge is -2.09.